The van der Waals surface area contributed by atoms with Crippen LogP contribution < -0.4 is 4.74 Å². The van der Waals surface area contributed by atoms with Crippen LogP contribution in [0.15, 0.2) is 48.5 Å². The van der Waals surface area contributed by atoms with Gasteiger partial charge in [-0.15, -0.1) is 0 Å². The largest absolute Gasteiger partial charge is 0.493 e. The van der Waals surface area contributed by atoms with Crippen LogP contribution in [-0.2, 0) is 4.79 Å². The van der Waals surface area contributed by atoms with Gasteiger partial charge in [0.05, 0.1) is 18.0 Å². The van der Waals surface area contributed by atoms with Crippen molar-refractivity contribution in [3.8, 4) is 5.75 Å². The standard InChI is InChI=1S/C18H14ClNO6/c19-15-6-5-13(11-16(15)20(24)25)17(21)7-4-12-2-1-3-14(10-12)26-9-8-18(22)23/h1-7,10-11H,8-9H2,(H,22,23)/b7-4+. The second-order valence-corrected chi connectivity index (χ2v) is 5.59. The van der Waals surface area contributed by atoms with Gasteiger partial charge in [0.2, 0.25) is 0 Å². The number of ether oxygens (including phenoxy) is 1. The zero-order valence-corrected chi connectivity index (χ0v) is 14.2. The van der Waals surface area contributed by atoms with Gasteiger partial charge in [0.1, 0.15) is 10.8 Å². The molecule has 0 spiro atoms. The first-order valence-corrected chi connectivity index (χ1v) is 7.85. The number of aliphatic carboxylic acids is 1. The molecule has 0 saturated heterocycles. The third-order valence-corrected chi connectivity index (χ3v) is 3.62. The zero-order chi connectivity index (χ0) is 19.1. The molecule has 0 atom stereocenters. The van der Waals surface area contributed by atoms with E-state index >= 15 is 0 Å². The summed E-state index contributed by atoms with van der Waals surface area (Å²) in [6.07, 6.45) is 2.70. The number of nitro groups is 1. The molecule has 26 heavy (non-hydrogen) atoms. The van der Waals surface area contributed by atoms with E-state index in [0.29, 0.717) is 11.3 Å². The minimum Gasteiger partial charge on any atom is -0.493 e. The van der Waals surface area contributed by atoms with Crippen molar-refractivity contribution in [1.82, 2.24) is 0 Å². The van der Waals surface area contributed by atoms with Gasteiger partial charge in [-0.3, -0.25) is 19.7 Å². The third-order valence-electron chi connectivity index (χ3n) is 3.30. The van der Waals surface area contributed by atoms with E-state index in [-0.39, 0.29) is 29.3 Å². The predicted molar refractivity (Wildman–Crippen MR) is 95.7 cm³/mol. The molecule has 2 aromatic rings. The summed E-state index contributed by atoms with van der Waals surface area (Å²) in [5.74, 6) is -0.895. The van der Waals surface area contributed by atoms with E-state index in [4.69, 9.17) is 21.4 Å². The smallest absolute Gasteiger partial charge is 0.306 e. The van der Waals surface area contributed by atoms with Crippen LogP contribution in [0.3, 0.4) is 0 Å². The van der Waals surface area contributed by atoms with Crippen molar-refractivity contribution in [1.29, 1.82) is 0 Å². The quantitative estimate of drug-likeness (QED) is 0.323. The van der Waals surface area contributed by atoms with Crippen molar-refractivity contribution >= 4 is 35.1 Å². The number of carbonyl (C=O) groups excluding carboxylic acids is 1. The van der Waals surface area contributed by atoms with Crippen molar-refractivity contribution in [2.24, 2.45) is 0 Å². The molecule has 0 amide bonds. The Balaban J connectivity index is 2.09. The van der Waals surface area contributed by atoms with Crippen LogP contribution in [0.2, 0.25) is 5.02 Å². The number of allylic oxidation sites excluding steroid dienone is 1. The summed E-state index contributed by atoms with van der Waals surface area (Å²) < 4.78 is 5.31. The molecule has 0 aliphatic heterocycles. The fraction of sp³-hybridized carbons (Fsp3) is 0.111. The van der Waals surface area contributed by atoms with Crippen molar-refractivity contribution < 1.29 is 24.4 Å². The van der Waals surface area contributed by atoms with Gasteiger partial charge in [0.25, 0.3) is 5.69 Å². The summed E-state index contributed by atoms with van der Waals surface area (Å²) in [7, 11) is 0. The van der Waals surface area contributed by atoms with E-state index in [1.165, 1.54) is 24.3 Å². The van der Waals surface area contributed by atoms with Crippen LogP contribution in [0.1, 0.15) is 22.3 Å². The molecule has 8 heteroatoms. The third kappa shape index (κ3) is 5.42. The molecule has 2 aromatic carbocycles. The van der Waals surface area contributed by atoms with Gasteiger partial charge in [-0.2, -0.15) is 0 Å². The van der Waals surface area contributed by atoms with Crippen LogP contribution in [0, 0.1) is 10.1 Å². The SMILES string of the molecule is O=C(O)CCOc1cccc(/C=C/C(=O)c2ccc(Cl)c([N+](=O)[O-])c2)c1. The minimum absolute atomic E-state index is 0.0376. The van der Waals surface area contributed by atoms with Gasteiger partial charge in [-0.25, -0.2) is 0 Å². The maximum Gasteiger partial charge on any atom is 0.306 e. The first-order valence-electron chi connectivity index (χ1n) is 7.48. The fourth-order valence-corrected chi connectivity index (χ4v) is 2.22. The van der Waals surface area contributed by atoms with Gasteiger partial charge >= 0.3 is 5.97 Å². The first kappa shape index (κ1) is 19.1. The molecule has 0 aliphatic carbocycles. The maximum absolute atomic E-state index is 12.2. The normalized spacial score (nSPS) is 10.7. The number of nitrogens with zero attached hydrogens (tertiary/aromatic N) is 1. The summed E-state index contributed by atoms with van der Waals surface area (Å²) in [5, 5.41) is 19.4. The van der Waals surface area contributed by atoms with Gasteiger partial charge in [0.15, 0.2) is 5.78 Å². The predicted octanol–water partition coefficient (Wildman–Crippen LogP) is 4.00. The lowest BCUT2D eigenvalue weighted by atomic mass is 10.1. The van der Waals surface area contributed by atoms with Gasteiger partial charge in [0, 0.05) is 11.6 Å². The zero-order valence-electron chi connectivity index (χ0n) is 13.4. The molecule has 7 nitrogen and oxygen atoms in total. The maximum atomic E-state index is 12.2. The van der Waals surface area contributed by atoms with Crippen molar-refractivity contribution in [3.63, 3.8) is 0 Å². The molecule has 0 unspecified atom stereocenters. The Morgan fingerprint density at radius 3 is 2.69 bits per heavy atom. The molecule has 134 valence electrons. The Hall–Kier alpha value is -3.19. The molecule has 1 N–H and O–H groups in total. The minimum atomic E-state index is -0.955. The Kier molecular flexibility index (Phi) is 6.46. The van der Waals surface area contributed by atoms with Crippen LogP contribution >= 0.6 is 11.6 Å². The number of hydrogen-bond acceptors (Lipinski definition) is 5. The van der Waals surface area contributed by atoms with Crippen molar-refractivity contribution in [2.45, 2.75) is 6.42 Å². The molecular formula is C18H14ClNO6. The van der Waals surface area contributed by atoms with Crippen molar-refractivity contribution in [2.75, 3.05) is 6.61 Å². The van der Waals surface area contributed by atoms with Gasteiger partial charge in [-0.05, 0) is 35.9 Å². The number of hydrogen-bond donors (Lipinski definition) is 1. The molecular weight excluding hydrogens is 362 g/mol. The highest BCUT2D eigenvalue weighted by molar-refractivity contribution is 6.32. The lowest BCUT2D eigenvalue weighted by molar-refractivity contribution is -0.384. The Morgan fingerprint density at radius 2 is 2.00 bits per heavy atom. The van der Waals surface area contributed by atoms with Gasteiger partial charge < -0.3 is 9.84 Å². The lowest BCUT2D eigenvalue weighted by Crippen LogP contribution is -2.04. The summed E-state index contributed by atoms with van der Waals surface area (Å²) in [4.78, 5) is 32.9. The van der Waals surface area contributed by atoms with Crippen LogP contribution in [0.5, 0.6) is 5.75 Å². The van der Waals surface area contributed by atoms with Crippen LogP contribution in [0.25, 0.3) is 6.08 Å². The number of carboxylic acids is 1. The van der Waals surface area contributed by atoms with E-state index in [0.717, 1.165) is 6.07 Å². The summed E-state index contributed by atoms with van der Waals surface area (Å²) in [5.41, 5.74) is 0.473. The van der Waals surface area contributed by atoms with E-state index in [2.05, 4.69) is 0 Å². The Labute approximate surface area is 153 Å². The second kappa shape index (κ2) is 8.77. The van der Waals surface area contributed by atoms with Crippen LogP contribution in [0.4, 0.5) is 5.69 Å². The average molecular weight is 376 g/mol. The highest BCUT2D eigenvalue weighted by Crippen LogP contribution is 2.25. The summed E-state index contributed by atoms with van der Waals surface area (Å²) in [6, 6.07) is 10.6. The molecule has 0 aromatic heterocycles. The number of benzene rings is 2. The number of rotatable bonds is 8. The molecule has 0 radical (unpaired) electrons. The van der Waals surface area contributed by atoms with Gasteiger partial charge in [-0.1, -0.05) is 29.8 Å². The molecule has 0 saturated carbocycles. The highest BCUT2D eigenvalue weighted by Gasteiger charge is 2.15. The lowest BCUT2D eigenvalue weighted by Gasteiger charge is -2.05. The van der Waals surface area contributed by atoms with Crippen molar-refractivity contribution in [3.05, 3.63) is 74.8 Å². The average Bonchev–Trinajstić information content (AvgIpc) is 2.60. The monoisotopic (exact) mass is 375 g/mol. The summed E-state index contributed by atoms with van der Waals surface area (Å²) in [6.45, 7) is 0.0376. The Morgan fingerprint density at radius 1 is 1.23 bits per heavy atom. The highest BCUT2D eigenvalue weighted by atomic mass is 35.5. The molecule has 0 heterocycles. The molecule has 2 rings (SSSR count). The number of nitro benzene ring substituents is 1. The first-order chi connectivity index (χ1) is 12.4. The van der Waals surface area contributed by atoms with E-state index in [9.17, 15) is 19.7 Å². The number of ketones is 1. The molecule has 0 aliphatic rings. The second-order valence-electron chi connectivity index (χ2n) is 5.19. The van der Waals surface area contributed by atoms with E-state index < -0.39 is 16.7 Å². The van der Waals surface area contributed by atoms with Crippen LogP contribution in [-0.4, -0.2) is 28.4 Å². The molecule has 0 fully saturated rings. The number of carbonyl (C=O) groups is 2. The fourth-order valence-electron chi connectivity index (χ4n) is 2.04. The Bertz CT molecular complexity index is 878. The number of halogens is 1. The summed E-state index contributed by atoms with van der Waals surface area (Å²) >= 11 is 5.73. The number of carboxylic acid groups (broad SMARTS) is 1. The van der Waals surface area contributed by atoms with E-state index in [1.807, 2.05) is 0 Å². The van der Waals surface area contributed by atoms with E-state index in [1.54, 1.807) is 24.3 Å². The topological polar surface area (TPSA) is 107 Å². The molecule has 0 bridgehead atoms.